The lowest BCUT2D eigenvalue weighted by Gasteiger charge is -2.13. The van der Waals surface area contributed by atoms with Crippen molar-refractivity contribution in [2.75, 3.05) is 12.4 Å². The van der Waals surface area contributed by atoms with Crippen molar-refractivity contribution in [2.24, 2.45) is 16.8 Å². The molecule has 0 aliphatic heterocycles. The van der Waals surface area contributed by atoms with Crippen LogP contribution in [0.2, 0.25) is 0 Å². The minimum Gasteiger partial charge on any atom is -0.399 e. The molecule has 112 valence electrons. The smallest absolute Gasteiger partial charge is 0.251 e. The van der Waals surface area contributed by atoms with E-state index in [2.05, 4.69) is 10.5 Å². The van der Waals surface area contributed by atoms with Crippen LogP contribution in [0, 0.1) is 5.92 Å². The molecule has 2 aliphatic rings. The molecule has 0 bridgehead atoms. The third kappa shape index (κ3) is 2.78. The fourth-order valence-electron chi connectivity index (χ4n) is 2.58. The molecule has 2 aliphatic carbocycles. The van der Waals surface area contributed by atoms with Crippen molar-refractivity contribution in [2.45, 2.75) is 32.1 Å². The third-order valence-electron chi connectivity index (χ3n) is 3.77. The quantitative estimate of drug-likeness (QED) is 0.829. The van der Waals surface area contributed by atoms with Gasteiger partial charge in [0.15, 0.2) is 0 Å². The molecule has 3 N–H and O–H groups in total. The second-order valence-electron chi connectivity index (χ2n) is 5.35. The van der Waals surface area contributed by atoms with Crippen molar-refractivity contribution in [3.8, 4) is 0 Å². The largest absolute Gasteiger partial charge is 0.399 e. The van der Waals surface area contributed by atoms with Gasteiger partial charge in [0, 0.05) is 17.2 Å². The molecule has 3 rings (SSSR count). The summed E-state index contributed by atoms with van der Waals surface area (Å²) in [5, 5.41) is 7.44. The van der Waals surface area contributed by atoms with Crippen LogP contribution in [-0.4, -0.2) is 24.6 Å². The molecule has 0 spiro atoms. The normalized spacial score (nSPS) is 19.2. The second-order valence-corrected chi connectivity index (χ2v) is 6.46. The second kappa shape index (κ2) is 5.48. The van der Waals surface area contributed by atoms with Gasteiger partial charge in [0.1, 0.15) is 12.1 Å². The van der Waals surface area contributed by atoms with Crippen molar-refractivity contribution in [3.63, 3.8) is 0 Å². The van der Waals surface area contributed by atoms with E-state index in [4.69, 9.17) is 10.6 Å². The Hall–Kier alpha value is -1.89. The van der Waals surface area contributed by atoms with Crippen LogP contribution in [0.15, 0.2) is 5.16 Å². The molecule has 0 unspecified atom stereocenters. The molecule has 1 fully saturated rings. The Balaban J connectivity index is 1.91. The van der Waals surface area contributed by atoms with E-state index in [0.717, 1.165) is 35.4 Å². The van der Waals surface area contributed by atoms with Crippen molar-refractivity contribution in [1.82, 2.24) is 0 Å². The lowest BCUT2D eigenvalue weighted by molar-refractivity contribution is -0.117. The molecular formula is C14H17N3O3S. The van der Waals surface area contributed by atoms with Crippen LogP contribution in [-0.2, 0) is 22.5 Å². The molecule has 0 aromatic carbocycles. The summed E-state index contributed by atoms with van der Waals surface area (Å²) < 4.78 is 0. The highest BCUT2D eigenvalue weighted by molar-refractivity contribution is 7.17. The van der Waals surface area contributed by atoms with E-state index in [1.807, 2.05) is 0 Å². The lowest BCUT2D eigenvalue weighted by Crippen LogP contribution is -2.20. The van der Waals surface area contributed by atoms with Gasteiger partial charge in [0.25, 0.3) is 5.91 Å². The first-order valence-electron chi connectivity index (χ1n) is 6.94. The van der Waals surface area contributed by atoms with Crippen LogP contribution in [0.1, 0.15) is 40.1 Å². The fourth-order valence-corrected chi connectivity index (χ4v) is 3.87. The van der Waals surface area contributed by atoms with Gasteiger partial charge in [-0.3, -0.25) is 9.59 Å². The number of hydrogen-bond acceptors (Lipinski definition) is 5. The highest BCUT2D eigenvalue weighted by Gasteiger charge is 2.32. The lowest BCUT2D eigenvalue weighted by atomic mass is 9.94. The summed E-state index contributed by atoms with van der Waals surface area (Å²) in [6.45, 7) is 0. The molecule has 0 atom stereocenters. The zero-order valence-electron chi connectivity index (χ0n) is 11.8. The predicted molar refractivity (Wildman–Crippen MR) is 80.7 cm³/mol. The van der Waals surface area contributed by atoms with E-state index >= 15 is 0 Å². The van der Waals surface area contributed by atoms with Gasteiger partial charge in [0.2, 0.25) is 5.91 Å². The zero-order chi connectivity index (χ0) is 15.0. The Morgan fingerprint density at radius 3 is 2.76 bits per heavy atom. The van der Waals surface area contributed by atoms with Crippen molar-refractivity contribution in [1.29, 1.82) is 0 Å². The molecule has 0 radical (unpaired) electrons. The van der Waals surface area contributed by atoms with Gasteiger partial charge >= 0.3 is 0 Å². The number of rotatable bonds is 4. The van der Waals surface area contributed by atoms with Gasteiger partial charge in [-0.15, -0.1) is 11.3 Å². The average molecular weight is 307 g/mol. The highest BCUT2D eigenvalue weighted by Crippen LogP contribution is 2.39. The molecule has 21 heavy (non-hydrogen) atoms. The summed E-state index contributed by atoms with van der Waals surface area (Å²) in [6.07, 6.45) is 3.94. The number of carbonyl (C=O) groups is 2. The predicted octanol–water partition coefficient (Wildman–Crippen LogP) is 1.69. The first-order valence-corrected chi connectivity index (χ1v) is 7.76. The SMILES string of the molecule is CON=C1CCc2c(sc(NC(=O)C3CC3)c2C(N)=O)C1. The van der Waals surface area contributed by atoms with Crippen LogP contribution in [0.4, 0.5) is 5.00 Å². The monoisotopic (exact) mass is 307 g/mol. The number of hydrogen-bond donors (Lipinski definition) is 2. The summed E-state index contributed by atoms with van der Waals surface area (Å²) >= 11 is 1.42. The number of nitrogens with two attached hydrogens (primary N) is 1. The zero-order valence-corrected chi connectivity index (χ0v) is 12.6. The van der Waals surface area contributed by atoms with Crippen LogP contribution in [0.3, 0.4) is 0 Å². The summed E-state index contributed by atoms with van der Waals surface area (Å²) in [4.78, 5) is 29.5. The molecule has 2 amide bonds. The number of carbonyl (C=O) groups excluding carboxylic acids is 2. The molecule has 1 aromatic rings. The maximum atomic E-state index is 11.9. The maximum absolute atomic E-state index is 11.9. The number of anilines is 1. The average Bonchev–Trinajstić information content (AvgIpc) is 3.21. The Labute approximate surface area is 126 Å². The Morgan fingerprint density at radius 1 is 1.38 bits per heavy atom. The summed E-state index contributed by atoms with van der Waals surface area (Å²) in [7, 11) is 1.52. The van der Waals surface area contributed by atoms with E-state index in [0.29, 0.717) is 23.4 Å². The van der Waals surface area contributed by atoms with Crippen LogP contribution in [0.25, 0.3) is 0 Å². The first-order chi connectivity index (χ1) is 10.1. The summed E-state index contributed by atoms with van der Waals surface area (Å²) in [6, 6.07) is 0. The third-order valence-corrected chi connectivity index (χ3v) is 4.92. The number of primary amides is 1. The van der Waals surface area contributed by atoms with Crippen LogP contribution in [0.5, 0.6) is 0 Å². The Kier molecular flexibility index (Phi) is 3.67. The number of nitrogens with zero attached hydrogens (tertiary/aromatic N) is 1. The van der Waals surface area contributed by atoms with E-state index in [1.54, 1.807) is 0 Å². The Bertz CT molecular complexity index is 632. The minimum absolute atomic E-state index is 0.0121. The summed E-state index contributed by atoms with van der Waals surface area (Å²) in [5.41, 5.74) is 7.88. The van der Waals surface area contributed by atoms with Crippen molar-refractivity contribution in [3.05, 3.63) is 16.0 Å². The molecule has 0 saturated heterocycles. The number of oxime groups is 1. The minimum atomic E-state index is -0.481. The van der Waals surface area contributed by atoms with Crippen LogP contribution >= 0.6 is 11.3 Å². The molecule has 7 heteroatoms. The number of nitrogens with one attached hydrogen (secondary N) is 1. The van der Waals surface area contributed by atoms with E-state index < -0.39 is 5.91 Å². The Morgan fingerprint density at radius 2 is 2.14 bits per heavy atom. The van der Waals surface area contributed by atoms with Crippen molar-refractivity contribution >= 4 is 33.9 Å². The molecule has 1 saturated carbocycles. The number of amides is 2. The van der Waals surface area contributed by atoms with Gasteiger partial charge in [-0.25, -0.2) is 0 Å². The summed E-state index contributed by atoms with van der Waals surface area (Å²) in [5.74, 6) is -0.400. The molecule has 6 nitrogen and oxygen atoms in total. The van der Waals surface area contributed by atoms with Gasteiger partial charge in [-0.1, -0.05) is 5.16 Å². The van der Waals surface area contributed by atoms with Crippen molar-refractivity contribution < 1.29 is 14.4 Å². The number of fused-ring (bicyclic) bond motifs is 1. The highest BCUT2D eigenvalue weighted by atomic mass is 32.1. The van der Waals surface area contributed by atoms with E-state index in [9.17, 15) is 9.59 Å². The standard InChI is InChI=1S/C14H17N3O3S/c1-20-17-8-4-5-9-10(6-8)21-14(11(9)12(15)18)16-13(19)7-2-3-7/h7H,2-6H2,1H3,(H2,15,18)(H,16,19). The molecule has 1 heterocycles. The van der Waals surface area contributed by atoms with Gasteiger partial charge in [-0.05, 0) is 31.2 Å². The maximum Gasteiger partial charge on any atom is 0.251 e. The first kappa shape index (κ1) is 14.1. The van der Waals surface area contributed by atoms with Gasteiger partial charge in [0.05, 0.1) is 11.3 Å². The van der Waals surface area contributed by atoms with E-state index in [-0.39, 0.29) is 11.8 Å². The number of thiophene rings is 1. The molecular weight excluding hydrogens is 290 g/mol. The van der Waals surface area contributed by atoms with Gasteiger partial charge < -0.3 is 15.9 Å². The molecule has 1 aromatic heterocycles. The fraction of sp³-hybridized carbons (Fsp3) is 0.500. The van der Waals surface area contributed by atoms with Gasteiger partial charge in [-0.2, -0.15) is 0 Å². The van der Waals surface area contributed by atoms with E-state index in [1.165, 1.54) is 18.4 Å². The topological polar surface area (TPSA) is 93.8 Å². The van der Waals surface area contributed by atoms with Crippen LogP contribution < -0.4 is 11.1 Å².